The smallest absolute Gasteiger partial charge is 0.303 e. The highest BCUT2D eigenvalue weighted by molar-refractivity contribution is 7.87. The summed E-state index contributed by atoms with van der Waals surface area (Å²) >= 11 is 0. The van der Waals surface area contributed by atoms with Gasteiger partial charge in [0.2, 0.25) is 5.91 Å². The highest BCUT2D eigenvalue weighted by Gasteiger charge is 2.65. The van der Waals surface area contributed by atoms with Gasteiger partial charge in [-0.2, -0.15) is 12.7 Å². The van der Waals surface area contributed by atoms with Crippen LogP contribution in [0.1, 0.15) is 90.3 Å². The van der Waals surface area contributed by atoms with Crippen molar-refractivity contribution >= 4 is 32.9 Å². The molecule has 278 valence electrons. The second-order valence-corrected chi connectivity index (χ2v) is 18.2. The van der Waals surface area contributed by atoms with Crippen LogP contribution in [0.4, 0.5) is 0 Å². The minimum absolute atomic E-state index is 0.0488. The van der Waals surface area contributed by atoms with Crippen LogP contribution in [0.2, 0.25) is 0 Å². The number of piperazine rings is 1. The molecule has 4 heterocycles. The molecule has 2 unspecified atom stereocenters. The van der Waals surface area contributed by atoms with Crippen molar-refractivity contribution in [2.24, 2.45) is 5.41 Å². The van der Waals surface area contributed by atoms with E-state index in [1.54, 1.807) is 13.2 Å². The molecule has 4 aromatic rings. The van der Waals surface area contributed by atoms with Gasteiger partial charge in [0.1, 0.15) is 5.75 Å². The van der Waals surface area contributed by atoms with E-state index in [1.807, 2.05) is 18.2 Å². The highest BCUT2D eigenvalue weighted by Crippen LogP contribution is 2.66. The molecule has 11 heteroatoms. The zero-order chi connectivity index (χ0) is 36.6. The van der Waals surface area contributed by atoms with Gasteiger partial charge in [-0.1, -0.05) is 55.7 Å². The number of methoxy groups -OCH3 is 1. The monoisotopic (exact) mass is 735 g/mol. The van der Waals surface area contributed by atoms with Gasteiger partial charge < -0.3 is 14.2 Å². The largest absolute Gasteiger partial charge is 0.497 e. The summed E-state index contributed by atoms with van der Waals surface area (Å²) in [6.45, 7) is 3.16. The second kappa shape index (κ2) is 13.0. The first-order valence-corrected chi connectivity index (χ1v) is 20.7. The van der Waals surface area contributed by atoms with Gasteiger partial charge in [-0.15, -0.1) is 0 Å². The van der Waals surface area contributed by atoms with E-state index in [0.29, 0.717) is 12.5 Å². The van der Waals surface area contributed by atoms with E-state index < -0.39 is 21.5 Å². The molecule has 2 bridgehead atoms. The molecule has 1 N–H and O–H groups in total. The van der Waals surface area contributed by atoms with Crippen molar-refractivity contribution in [3.63, 3.8) is 0 Å². The molecule has 0 spiro atoms. The van der Waals surface area contributed by atoms with Gasteiger partial charge >= 0.3 is 10.2 Å². The minimum Gasteiger partial charge on any atom is -0.497 e. The van der Waals surface area contributed by atoms with E-state index in [9.17, 15) is 13.2 Å². The normalized spacial score (nSPS) is 25.4. The molecule has 2 saturated carbocycles. The zero-order valence-electron chi connectivity index (χ0n) is 30.9. The quantitative estimate of drug-likeness (QED) is 0.229. The molecule has 4 atom stereocenters. The van der Waals surface area contributed by atoms with Crippen LogP contribution < -0.4 is 9.46 Å². The Balaban J connectivity index is 1.15. The summed E-state index contributed by atoms with van der Waals surface area (Å²) < 4.78 is 36.7. The summed E-state index contributed by atoms with van der Waals surface area (Å²) in [6, 6.07) is 22.9. The third-order valence-corrected chi connectivity index (χ3v) is 14.4. The number of likely N-dealkylation sites (tertiary alicyclic amines) is 1. The molecule has 4 fully saturated rings. The first-order valence-electron chi connectivity index (χ1n) is 19.3. The van der Waals surface area contributed by atoms with E-state index in [2.05, 4.69) is 61.6 Å². The first kappa shape index (κ1) is 34.6. The number of carbonyl (C=O) groups excluding carboxylic acids is 2. The lowest BCUT2D eigenvalue weighted by Gasteiger charge is -2.43. The standard InChI is InChI=1S/C42H49N5O5S/c1-44(2)53(50,51)43-40(48)29-14-18-34-37(20-29)46-26-42(41(49)47-30-15-16-31(47)25-45(24-30)23-27-10-6-4-7-11-27)22-36(42)35-21-32(52-3)17-19-33(35)39(46)38(34)28-12-8-5-9-13-28/h4,6-7,10-11,14,17-21,28,30-31,36H,5,8-9,12-13,15-16,22-26H2,1-3H3,(H,43,48)/t30-,31+,36?,42?. The van der Waals surface area contributed by atoms with E-state index in [-0.39, 0.29) is 29.5 Å². The Hall–Kier alpha value is -4.19. The SMILES string of the molecule is COc1ccc2c(c1)C1CC1(C(=O)N1[C@@H]3CC[C@H]1CN(Cc1ccccc1)C3)Cn1c-2c(C2CCCCC2)c2ccc(C(=O)NS(=O)(=O)N(C)C)cc21. The van der Waals surface area contributed by atoms with Crippen LogP contribution in [0.25, 0.3) is 22.2 Å². The number of ether oxygens (including phenoxy) is 1. The molecule has 53 heavy (non-hydrogen) atoms. The number of amides is 2. The fraction of sp³-hybridized carbons (Fsp3) is 0.476. The van der Waals surface area contributed by atoms with E-state index >= 15 is 4.79 Å². The van der Waals surface area contributed by atoms with Gasteiger partial charge in [0.05, 0.1) is 18.2 Å². The summed E-state index contributed by atoms with van der Waals surface area (Å²) in [5.41, 5.74) is 6.56. The average molecular weight is 736 g/mol. The van der Waals surface area contributed by atoms with Crippen molar-refractivity contribution in [2.45, 2.75) is 88.4 Å². The maximum absolute atomic E-state index is 15.3. The predicted molar refractivity (Wildman–Crippen MR) is 205 cm³/mol. The Morgan fingerprint density at radius 3 is 2.36 bits per heavy atom. The van der Waals surface area contributed by atoms with Crippen LogP contribution in [-0.4, -0.2) is 85.3 Å². The molecule has 2 amide bonds. The molecular formula is C42H49N5O5S. The molecule has 3 aromatic carbocycles. The van der Waals surface area contributed by atoms with Crippen molar-refractivity contribution in [3.8, 4) is 17.0 Å². The Labute approximate surface area is 312 Å². The summed E-state index contributed by atoms with van der Waals surface area (Å²) in [5, 5.41) is 1.08. The highest BCUT2D eigenvalue weighted by atomic mass is 32.2. The van der Waals surface area contributed by atoms with E-state index in [4.69, 9.17) is 4.74 Å². The molecule has 1 aromatic heterocycles. The summed E-state index contributed by atoms with van der Waals surface area (Å²) in [7, 11) is 0.508. The van der Waals surface area contributed by atoms with Gasteiger partial charge in [0, 0.05) is 80.3 Å². The van der Waals surface area contributed by atoms with Crippen molar-refractivity contribution in [1.82, 2.24) is 23.4 Å². The zero-order valence-corrected chi connectivity index (χ0v) is 31.7. The van der Waals surface area contributed by atoms with Gasteiger partial charge in [0.15, 0.2) is 0 Å². The van der Waals surface area contributed by atoms with Gasteiger partial charge in [-0.3, -0.25) is 14.5 Å². The average Bonchev–Trinajstić information content (AvgIpc) is 3.75. The van der Waals surface area contributed by atoms with Crippen LogP contribution in [0.5, 0.6) is 5.75 Å². The van der Waals surface area contributed by atoms with Crippen LogP contribution in [0.15, 0.2) is 66.7 Å². The Bertz CT molecular complexity index is 2200. The van der Waals surface area contributed by atoms with Gasteiger partial charge in [-0.25, -0.2) is 4.72 Å². The number of rotatable bonds is 8. The molecule has 5 aliphatic rings. The molecule has 0 radical (unpaired) electrons. The van der Waals surface area contributed by atoms with Gasteiger partial charge in [-0.05, 0) is 85.0 Å². The number of fused-ring (bicyclic) bond motifs is 9. The lowest BCUT2D eigenvalue weighted by molar-refractivity contribution is -0.143. The van der Waals surface area contributed by atoms with Crippen LogP contribution in [-0.2, 0) is 28.1 Å². The van der Waals surface area contributed by atoms with Crippen molar-refractivity contribution in [2.75, 3.05) is 34.3 Å². The Morgan fingerprint density at radius 2 is 1.66 bits per heavy atom. The number of carbonyl (C=O) groups is 2. The number of nitrogens with one attached hydrogen (secondary N) is 1. The van der Waals surface area contributed by atoms with E-state index in [0.717, 1.165) is 84.0 Å². The van der Waals surface area contributed by atoms with Crippen molar-refractivity contribution in [1.29, 1.82) is 0 Å². The van der Waals surface area contributed by atoms with Crippen LogP contribution in [0.3, 0.4) is 0 Å². The van der Waals surface area contributed by atoms with Crippen LogP contribution in [0, 0.1) is 5.41 Å². The number of hydrogen-bond donors (Lipinski definition) is 1. The number of benzene rings is 3. The third-order valence-electron chi connectivity index (χ3n) is 13.0. The van der Waals surface area contributed by atoms with Crippen LogP contribution >= 0.6 is 0 Å². The lowest BCUT2D eigenvalue weighted by atomic mass is 9.81. The molecule has 9 rings (SSSR count). The predicted octanol–water partition coefficient (Wildman–Crippen LogP) is 6.26. The number of hydrogen-bond acceptors (Lipinski definition) is 6. The molecule has 10 nitrogen and oxygen atoms in total. The molecule has 2 aliphatic carbocycles. The molecule has 3 aliphatic heterocycles. The lowest BCUT2D eigenvalue weighted by Crippen LogP contribution is -2.57. The van der Waals surface area contributed by atoms with Gasteiger partial charge in [0.25, 0.3) is 5.91 Å². The Morgan fingerprint density at radius 1 is 0.925 bits per heavy atom. The third kappa shape index (κ3) is 5.77. The summed E-state index contributed by atoms with van der Waals surface area (Å²) in [4.78, 5) is 33.6. The fourth-order valence-corrected chi connectivity index (χ4v) is 10.8. The number of nitrogens with zero attached hydrogens (tertiary/aromatic N) is 4. The molecular weight excluding hydrogens is 687 g/mol. The van der Waals surface area contributed by atoms with E-state index in [1.165, 1.54) is 50.0 Å². The maximum atomic E-state index is 15.3. The Kier molecular flexibility index (Phi) is 8.47. The maximum Gasteiger partial charge on any atom is 0.303 e. The topological polar surface area (TPSA) is 104 Å². The first-order chi connectivity index (χ1) is 25.6. The second-order valence-electron chi connectivity index (χ2n) is 16.3. The van der Waals surface area contributed by atoms with Crippen molar-refractivity contribution < 1.29 is 22.7 Å². The van der Waals surface area contributed by atoms with Crippen molar-refractivity contribution in [3.05, 3.63) is 89.0 Å². The number of aromatic nitrogens is 1. The fourth-order valence-electron chi connectivity index (χ4n) is 10.2. The molecule has 2 saturated heterocycles. The summed E-state index contributed by atoms with van der Waals surface area (Å²) in [6.07, 6.45) is 8.53. The minimum atomic E-state index is -3.98. The summed E-state index contributed by atoms with van der Waals surface area (Å²) in [5.74, 6) is 0.766.